The van der Waals surface area contributed by atoms with Crippen LogP contribution < -0.4 is 0 Å². The Morgan fingerprint density at radius 2 is 0.509 bits per heavy atom. The number of carbonyl (C=O) groups is 4. The molecule has 0 bridgehead atoms. The van der Waals surface area contributed by atoms with Gasteiger partial charge in [-0.1, -0.05) is 306 Å². The van der Waals surface area contributed by atoms with Crippen molar-refractivity contribution in [2.24, 2.45) is 0 Å². The van der Waals surface area contributed by atoms with Crippen LogP contribution in [0.1, 0.15) is 285 Å². The maximum absolute atomic E-state index is 13.1. The molecule has 0 fully saturated rings. The summed E-state index contributed by atoms with van der Waals surface area (Å²) >= 11 is 0. The third kappa shape index (κ3) is 78.0. The van der Waals surface area contributed by atoms with Gasteiger partial charge in [0.25, 0.3) is 0 Å². The number of phosphoric ester groups is 2. The molecule has 0 aliphatic carbocycles. The smallest absolute Gasteiger partial charge is 0.462 e. The topological polar surface area (TPSA) is 237 Å². The summed E-state index contributed by atoms with van der Waals surface area (Å²) in [4.78, 5) is 73.1. The fourth-order valence-corrected chi connectivity index (χ4v) is 11.6. The number of ether oxygens (including phenoxy) is 4. The highest BCUT2D eigenvalue weighted by molar-refractivity contribution is 7.47. The van der Waals surface area contributed by atoms with Crippen LogP contribution >= 0.6 is 15.6 Å². The Balaban J connectivity index is 5.52. The van der Waals surface area contributed by atoms with Crippen molar-refractivity contribution in [1.82, 2.24) is 0 Å². The van der Waals surface area contributed by atoms with E-state index >= 15 is 0 Å². The van der Waals surface area contributed by atoms with Crippen molar-refractivity contribution in [3.05, 3.63) is 194 Å². The van der Waals surface area contributed by atoms with Gasteiger partial charge in [-0.15, -0.1) is 0 Å². The zero-order valence-electron chi connectivity index (χ0n) is 66.7. The summed E-state index contributed by atoms with van der Waals surface area (Å²) < 4.78 is 68.5. The Labute approximate surface area is 653 Å². The van der Waals surface area contributed by atoms with Crippen LogP contribution in [-0.2, 0) is 65.4 Å². The highest BCUT2D eigenvalue weighted by Gasteiger charge is 2.30. The third-order valence-electron chi connectivity index (χ3n) is 16.1. The lowest BCUT2D eigenvalue weighted by Crippen LogP contribution is -2.30. The van der Waals surface area contributed by atoms with Crippen molar-refractivity contribution in [1.29, 1.82) is 0 Å². The number of allylic oxidation sites excluding steroid dienone is 32. The van der Waals surface area contributed by atoms with Crippen LogP contribution in [0.25, 0.3) is 0 Å². The molecular weight excluding hydrogens is 1400 g/mol. The minimum Gasteiger partial charge on any atom is -0.462 e. The monoisotopic (exact) mass is 1540 g/mol. The molecule has 0 aromatic carbocycles. The highest BCUT2D eigenvalue weighted by Crippen LogP contribution is 2.45. The van der Waals surface area contributed by atoms with Crippen LogP contribution in [0.4, 0.5) is 0 Å². The van der Waals surface area contributed by atoms with Crippen molar-refractivity contribution in [3.63, 3.8) is 0 Å². The molecule has 108 heavy (non-hydrogen) atoms. The fourth-order valence-electron chi connectivity index (χ4n) is 10.0. The van der Waals surface area contributed by atoms with Gasteiger partial charge in [-0.05, 0) is 148 Å². The van der Waals surface area contributed by atoms with Crippen molar-refractivity contribution >= 4 is 39.5 Å². The largest absolute Gasteiger partial charge is 0.472 e. The molecule has 3 N–H and O–H groups in total. The number of unbranched alkanes of at least 4 members (excludes halogenated alkanes) is 16. The van der Waals surface area contributed by atoms with E-state index in [4.69, 9.17) is 37.0 Å². The van der Waals surface area contributed by atoms with Gasteiger partial charge in [0.05, 0.1) is 26.4 Å². The molecule has 0 spiro atoms. The second kappa shape index (κ2) is 79.0. The van der Waals surface area contributed by atoms with Crippen LogP contribution in [-0.4, -0.2) is 96.7 Å². The predicted octanol–water partition coefficient (Wildman–Crippen LogP) is 24.1. The first-order valence-corrected chi connectivity index (χ1v) is 43.7. The quantitative estimate of drug-likeness (QED) is 0.0169. The molecule has 0 aromatic heterocycles. The van der Waals surface area contributed by atoms with Crippen molar-refractivity contribution in [2.75, 3.05) is 39.6 Å². The lowest BCUT2D eigenvalue weighted by Gasteiger charge is -2.21. The zero-order chi connectivity index (χ0) is 78.9. The zero-order valence-corrected chi connectivity index (χ0v) is 68.5. The summed E-state index contributed by atoms with van der Waals surface area (Å²) in [6.45, 7) is 4.33. The van der Waals surface area contributed by atoms with E-state index in [-0.39, 0.29) is 25.7 Å². The molecule has 5 atom stereocenters. The van der Waals surface area contributed by atoms with Crippen LogP contribution in [0.15, 0.2) is 194 Å². The van der Waals surface area contributed by atoms with Gasteiger partial charge in [-0.3, -0.25) is 37.3 Å². The summed E-state index contributed by atoms with van der Waals surface area (Å²) in [5, 5.41) is 10.7. The van der Waals surface area contributed by atoms with Crippen molar-refractivity contribution in [2.45, 2.75) is 303 Å². The predicted molar refractivity (Wildman–Crippen MR) is 445 cm³/mol. The minimum absolute atomic E-state index is 0.000335. The van der Waals surface area contributed by atoms with Crippen molar-refractivity contribution < 1.29 is 80.2 Å². The molecule has 0 amide bonds. The van der Waals surface area contributed by atoms with Crippen LogP contribution in [0.3, 0.4) is 0 Å². The highest BCUT2D eigenvalue weighted by atomic mass is 31.2. The van der Waals surface area contributed by atoms with Crippen molar-refractivity contribution in [3.8, 4) is 0 Å². The molecule has 5 unspecified atom stereocenters. The second-order valence-corrected chi connectivity index (χ2v) is 29.1. The first-order chi connectivity index (χ1) is 52.7. The Bertz CT molecular complexity index is 2810. The van der Waals surface area contributed by atoms with E-state index in [0.717, 1.165) is 141 Å². The average Bonchev–Trinajstić information content (AvgIpc) is 0.916. The fraction of sp³-hybridized carbons (Fsp3) is 0.596. The standard InChI is InChI=1S/C89H142O17P2/c1-5-9-13-17-21-25-29-33-36-39-41-44-46-50-53-57-61-65-69-73-86(91)99-79-84(105-88(93)75-71-67-63-59-55-49-32-28-24-20-16-12-8-4)81-103-107(95,96)101-77-83(90)78-102-108(97,98)104-82-85(106-89(94)76-72-68-64-60-56-52-48-43-38-35-31-27-23-19-15-11-7-3)80-100-87(92)74-70-66-62-58-54-51-47-45-42-40-37-34-30-26-22-18-14-10-6-2/h9-11,13-15,21-23,25-27,33-38,41-42,44-45,48,50-54,60-61,64-65,83-85,90H,5-8,12,16-20,24,28-32,39-40,43,46-47,49,55-59,62-63,66-82H2,1-4H3,(H,95,96)(H,97,98)/b13-9-,14-10-,15-11-,25-21-,26-22-,27-23-,36-33-,37-34-,38-35-,44-41-,45-42-,52-48-,53-50-,54-51-,64-60-,65-61-. The summed E-state index contributed by atoms with van der Waals surface area (Å²) in [6, 6.07) is 0. The molecular formula is C89H142O17P2. The lowest BCUT2D eigenvalue weighted by molar-refractivity contribution is -0.161. The molecule has 0 rings (SSSR count). The van der Waals surface area contributed by atoms with E-state index in [1.807, 2.05) is 30.4 Å². The van der Waals surface area contributed by atoms with Gasteiger partial charge in [-0.2, -0.15) is 0 Å². The number of aliphatic hydroxyl groups excluding tert-OH is 1. The van der Waals surface area contributed by atoms with Gasteiger partial charge >= 0.3 is 39.5 Å². The van der Waals surface area contributed by atoms with Gasteiger partial charge in [0.2, 0.25) is 0 Å². The van der Waals surface area contributed by atoms with E-state index in [1.54, 1.807) is 0 Å². The molecule has 0 aliphatic heterocycles. The molecule has 0 aliphatic rings. The number of rotatable bonds is 74. The van der Waals surface area contributed by atoms with Gasteiger partial charge < -0.3 is 33.8 Å². The SMILES string of the molecule is CC/C=C\C/C=C\C/C=C\C/C=C\C/C=C\C/C=C\CCC(=O)OCC(COP(=O)(O)OCC(O)COP(=O)(O)OCC(COC(=O)CCCCC/C=C\C/C=C\C/C=C\C/C=C\C/C=C\CC)OC(=O)CCC/C=C\C/C=C\C/C=C\C/C=C\C/C=C\CC)OC(=O)CCCCCCCCCCCCCCC. The Kier molecular flexibility index (Phi) is 74.5. The molecule has 610 valence electrons. The Morgan fingerprint density at radius 1 is 0.269 bits per heavy atom. The van der Waals surface area contributed by atoms with E-state index in [1.165, 1.54) is 51.4 Å². The Hall–Kier alpha value is -6.10. The number of esters is 4. The van der Waals surface area contributed by atoms with Crippen LogP contribution in [0.5, 0.6) is 0 Å². The normalized spacial score (nSPS) is 14.8. The molecule has 0 saturated carbocycles. The summed E-state index contributed by atoms with van der Waals surface area (Å²) in [6.07, 6.45) is 97.2. The summed E-state index contributed by atoms with van der Waals surface area (Å²) in [5.41, 5.74) is 0. The van der Waals surface area contributed by atoms with Gasteiger partial charge in [-0.25, -0.2) is 9.13 Å². The molecule has 0 saturated heterocycles. The van der Waals surface area contributed by atoms with Crippen LogP contribution in [0.2, 0.25) is 0 Å². The van der Waals surface area contributed by atoms with E-state index in [0.29, 0.717) is 38.5 Å². The second-order valence-electron chi connectivity index (χ2n) is 26.2. The number of hydrogen-bond acceptors (Lipinski definition) is 15. The molecule has 19 heteroatoms. The van der Waals surface area contributed by atoms with E-state index in [9.17, 15) is 43.2 Å². The molecule has 0 radical (unpaired) electrons. The molecule has 17 nitrogen and oxygen atoms in total. The number of hydrogen-bond donors (Lipinski definition) is 3. The van der Waals surface area contributed by atoms with E-state index < -0.39 is 97.5 Å². The average molecular weight is 1550 g/mol. The Morgan fingerprint density at radius 3 is 0.833 bits per heavy atom. The number of phosphoric acid groups is 2. The summed E-state index contributed by atoms with van der Waals surface area (Å²) in [7, 11) is -10.0. The maximum Gasteiger partial charge on any atom is 0.472 e. The first-order valence-electron chi connectivity index (χ1n) is 40.7. The van der Waals surface area contributed by atoms with Gasteiger partial charge in [0.15, 0.2) is 12.2 Å². The molecule has 0 heterocycles. The van der Waals surface area contributed by atoms with Crippen LogP contribution in [0, 0.1) is 0 Å². The first kappa shape index (κ1) is 102. The molecule has 0 aromatic rings. The van der Waals surface area contributed by atoms with Gasteiger partial charge in [0.1, 0.15) is 19.3 Å². The number of carbonyl (C=O) groups excluding carboxylic acids is 4. The minimum atomic E-state index is -5.02. The maximum atomic E-state index is 13.1. The summed E-state index contributed by atoms with van der Waals surface area (Å²) in [5.74, 6) is -2.39. The van der Waals surface area contributed by atoms with E-state index in [2.05, 4.69) is 192 Å². The third-order valence-corrected chi connectivity index (χ3v) is 18.0. The number of aliphatic hydroxyl groups is 1. The lowest BCUT2D eigenvalue weighted by atomic mass is 10.0. The van der Waals surface area contributed by atoms with Gasteiger partial charge in [0, 0.05) is 25.7 Å².